The summed E-state index contributed by atoms with van der Waals surface area (Å²) in [6, 6.07) is 5.74. The Kier molecular flexibility index (Phi) is 4.58. The smallest absolute Gasteiger partial charge is 0.142 e. The Morgan fingerprint density at radius 3 is 2.75 bits per heavy atom. The van der Waals surface area contributed by atoms with Gasteiger partial charge in [0.2, 0.25) is 0 Å². The summed E-state index contributed by atoms with van der Waals surface area (Å²) in [5.41, 5.74) is 7.87. The van der Waals surface area contributed by atoms with E-state index in [0.717, 1.165) is 11.4 Å². The summed E-state index contributed by atoms with van der Waals surface area (Å²) >= 11 is 0. The van der Waals surface area contributed by atoms with E-state index in [9.17, 15) is 0 Å². The van der Waals surface area contributed by atoms with E-state index < -0.39 is 0 Å². The first-order valence-corrected chi connectivity index (χ1v) is 5.30. The van der Waals surface area contributed by atoms with Crippen molar-refractivity contribution in [2.45, 2.75) is 13.0 Å². The highest BCUT2D eigenvalue weighted by molar-refractivity contribution is 5.59. The molecule has 0 spiro atoms. The first kappa shape index (κ1) is 12.8. The van der Waals surface area contributed by atoms with Crippen LogP contribution < -0.4 is 15.4 Å². The van der Waals surface area contributed by atoms with Crippen LogP contribution in [-0.2, 0) is 0 Å². The van der Waals surface area contributed by atoms with Gasteiger partial charge in [0.05, 0.1) is 19.4 Å². The maximum Gasteiger partial charge on any atom is 0.142 e. The maximum atomic E-state index is 8.93. The molecule has 0 saturated carbocycles. The lowest BCUT2D eigenvalue weighted by Crippen LogP contribution is -2.38. The van der Waals surface area contributed by atoms with Crippen LogP contribution in [0, 0.1) is 6.92 Å². The quantitative estimate of drug-likeness (QED) is 0.775. The van der Waals surface area contributed by atoms with Crippen molar-refractivity contribution >= 4 is 5.69 Å². The molecule has 0 aliphatic carbocycles. The predicted octanol–water partition coefficient (Wildman–Crippen LogP) is 0.759. The summed E-state index contributed by atoms with van der Waals surface area (Å²) in [5, 5.41) is 8.93. The number of aliphatic hydroxyl groups is 1. The van der Waals surface area contributed by atoms with Crippen LogP contribution in [0.4, 0.5) is 5.69 Å². The molecule has 4 heteroatoms. The Hall–Kier alpha value is -1.26. The van der Waals surface area contributed by atoms with E-state index in [1.54, 1.807) is 7.11 Å². The predicted molar refractivity (Wildman–Crippen MR) is 66.1 cm³/mol. The van der Waals surface area contributed by atoms with E-state index in [2.05, 4.69) is 0 Å². The first-order valence-electron chi connectivity index (χ1n) is 5.30. The molecule has 1 atom stereocenters. The van der Waals surface area contributed by atoms with Crippen molar-refractivity contribution in [1.82, 2.24) is 0 Å². The van der Waals surface area contributed by atoms with Crippen LogP contribution in [-0.4, -0.2) is 38.5 Å². The highest BCUT2D eigenvalue weighted by Gasteiger charge is 2.11. The standard InChI is InChI=1S/C12H20N2O2/c1-9-4-5-12(16-3)11(6-9)14(2)7-10(13)8-15/h4-6,10,15H,7-8,13H2,1-3H3. The van der Waals surface area contributed by atoms with Gasteiger partial charge >= 0.3 is 0 Å². The molecule has 0 aromatic heterocycles. The van der Waals surface area contributed by atoms with Gasteiger partial charge in [-0.1, -0.05) is 6.07 Å². The number of nitrogens with two attached hydrogens (primary N) is 1. The Bertz CT molecular complexity index is 342. The second-order valence-electron chi connectivity index (χ2n) is 4.00. The largest absolute Gasteiger partial charge is 0.495 e. The molecule has 0 saturated heterocycles. The Morgan fingerprint density at radius 2 is 2.19 bits per heavy atom. The summed E-state index contributed by atoms with van der Waals surface area (Å²) in [7, 11) is 3.58. The molecule has 4 nitrogen and oxygen atoms in total. The summed E-state index contributed by atoms with van der Waals surface area (Å²) in [6.45, 7) is 2.61. The van der Waals surface area contributed by atoms with E-state index in [1.165, 1.54) is 5.56 Å². The van der Waals surface area contributed by atoms with Crippen LogP contribution in [0.5, 0.6) is 5.75 Å². The number of nitrogens with zero attached hydrogens (tertiary/aromatic N) is 1. The molecular formula is C12H20N2O2. The van der Waals surface area contributed by atoms with Gasteiger partial charge in [0.25, 0.3) is 0 Å². The SMILES string of the molecule is COc1ccc(C)cc1N(C)CC(N)CO. The van der Waals surface area contributed by atoms with Crippen molar-refractivity contribution in [1.29, 1.82) is 0 Å². The molecule has 0 aliphatic rings. The Morgan fingerprint density at radius 1 is 1.50 bits per heavy atom. The molecule has 1 unspecified atom stereocenters. The van der Waals surface area contributed by atoms with E-state index in [-0.39, 0.29) is 12.6 Å². The van der Waals surface area contributed by atoms with Gasteiger partial charge in [0, 0.05) is 19.6 Å². The van der Waals surface area contributed by atoms with Crippen molar-refractivity contribution in [2.75, 3.05) is 32.2 Å². The minimum absolute atomic E-state index is 0.0154. The van der Waals surface area contributed by atoms with Crippen molar-refractivity contribution < 1.29 is 9.84 Å². The third-order valence-electron chi connectivity index (χ3n) is 2.49. The molecule has 1 aromatic carbocycles. The molecule has 16 heavy (non-hydrogen) atoms. The number of likely N-dealkylation sites (N-methyl/N-ethyl adjacent to an activating group) is 1. The fourth-order valence-electron chi connectivity index (χ4n) is 1.61. The van der Waals surface area contributed by atoms with Crippen LogP contribution in [0.1, 0.15) is 5.56 Å². The van der Waals surface area contributed by atoms with E-state index >= 15 is 0 Å². The first-order chi connectivity index (χ1) is 7.58. The summed E-state index contributed by atoms with van der Waals surface area (Å²) in [6.07, 6.45) is 0. The third kappa shape index (κ3) is 3.12. The van der Waals surface area contributed by atoms with Gasteiger partial charge in [-0.2, -0.15) is 0 Å². The van der Waals surface area contributed by atoms with Crippen LogP contribution >= 0.6 is 0 Å². The van der Waals surface area contributed by atoms with Crippen LogP contribution in [0.3, 0.4) is 0 Å². The number of anilines is 1. The Labute approximate surface area is 96.6 Å². The van der Waals surface area contributed by atoms with Gasteiger partial charge in [-0.25, -0.2) is 0 Å². The zero-order valence-corrected chi connectivity index (χ0v) is 10.1. The summed E-state index contributed by atoms with van der Waals surface area (Å²) in [5.74, 6) is 0.818. The average Bonchev–Trinajstić information content (AvgIpc) is 2.28. The molecule has 0 bridgehead atoms. The number of ether oxygens (including phenoxy) is 1. The zero-order valence-electron chi connectivity index (χ0n) is 10.1. The van der Waals surface area contributed by atoms with E-state index in [1.807, 2.05) is 37.1 Å². The van der Waals surface area contributed by atoms with Gasteiger partial charge in [0.15, 0.2) is 0 Å². The number of aliphatic hydroxyl groups excluding tert-OH is 1. The minimum Gasteiger partial charge on any atom is -0.495 e. The molecule has 0 heterocycles. The molecule has 90 valence electrons. The molecule has 0 amide bonds. The second kappa shape index (κ2) is 5.72. The lowest BCUT2D eigenvalue weighted by Gasteiger charge is -2.24. The lowest BCUT2D eigenvalue weighted by molar-refractivity contribution is 0.267. The number of methoxy groups -OCH3 is 1. The van der Waals surface area contributed by atoms with Crippen molar-refractivity contribution in [2.24, 2.45) is 5.73 Å². The average molecular weight is 224 g/mol. The van der Waals surface area contributed by atoms with Crippen molar-refractivity contribution in [3.05, 3.63) is 23.8 Å². The highest BCUT2D eigenvalue weighted by Crippen LogP contribution is 2.28. The molecule has 1 aromatic rings. The van der Waals surface area contributed by atoms with Crippen molar-refractivity contribution in [3.63, 3.8) is 0 Å². The molecular weight excluding hydrogens is 204 g/mol. The monoisotopic (exact) mass is 224 g/mol. The fourth-order valence-corrected chi connectivity index (χ4v) is 1.61. The van der Waals surface area contributed by atoms with Gasteiger partial charge in [-0.3, -0.25) is 0 Å². The molecule has 3 N–H and O–H groups in total. The molecule has 0 fully saturated rings. The normalized spacial score (nSPS) is 12.3. The molecule has 0 radical (unpaired) electrons. The highest BCUT2D eigenvalue weighted by atomic mass is 16.5. The molecule has 1 rings (SSSR count). The van der Waals surface area contributed by atoms with E-state index in [0.29, 0.717) is 6.54 Å². The number of hydrogen-bond donors (Lipinski definition) is 2. The lowest BCUT2D eigenvalue weighted by atomic mass is 10.2. The summed E-state index contributed by atoms with van der Waals surface area (Å²) in [4.78, 5) is 1.99. The number of hydrogen-bond acceptors (Lipinski definition) is 4. The Balaban J connectivity index is 2.88. The maximum absolute atomic E-state index is 8.93. The number of benzene rings is 1. The zero-order chi connectivity index (χ0) is 12.1. The molecule has 0 aliphatic heterocycles. The van der Waals surface area contributed by atoms with Crippen molar-refractivity contribution in [3.8, 4) is 5.75 Å². The third-order valence-corrected chi connectivity index (χ3v) is 2.49. The fraction of sp³-hybridized carbons (Fsp3) is 0.500. The minimum atomic E-state index is -0.241. The summed E-state index contributed by atoms with van der Waals surface area (Å²) < 4.78 is 5.29. The van der Waals surface area contributed by atoms with Gasteiger partial charge in [-0.15, -0.1) is 0 Å². The van der Waals surface area contributed by atoms with Crippen LogP contribution in [0.15, 0.2) is 18.2 Å². The van der Waals surface area contributed by atoms with Gasteiger partial charge in [-0.05, 0) is 24.6 Å². The van der Waals surface area contributed by atoms with Crippen LogP contribution in [0.25, 0.3) is 0 Å². The topological polar surface area (TPSA) is 58.7 Å². The van der Waals surface area contributed by atoms with Gasteiger partial charge in [0.1, 0.15) is 5.75 Å². The number of rotatable bonds is 5. The van der Waals surface area contributed by atoms with Gasteiger partial charge < -0.3 is 20.5 Å². The van der Waals surface area contributed by atoms with Crippen LogP contribution in [0.2, 0.25) is 0 Å². The van der Waals surface area contributed by atoms with E-state index in [4.69, 9.17) is 15.6 Å². The second-order valence-corrected chi connectivity index (χ2v) is 4.00. The number of aryl methyl sites for hydroxylation is 1.